The Morgan fingerprint density at radius 2 is 1.94 bits per heavy atom. The Bertz CT molecular complexity index is 581. The van der Waals surface area contributed by atoms with Gasteiger partial charge in [-0.1, -0.05) is 0 Å². The number of pyridine rings is 1. The Kier molecular flexibility index (Phi) is 3.29. The molecule has 0 saturated carbocycles. The number of carbonyl (C=O) groups is 1. The van der Waals surface area contributed by atoms with Crippen molar-refractivity contribution in [3.8, 4) is 11.6 Å². The van der Waals surface area contributed by atoms with E-state index in [1.807, 2.05) is 0 Å². The number of aldehydes is 1. The Hall–Kier alpha value is -2.76. The van der Waals surface area contributed by atoms with E-state index < -0.39 is 4.92 Å². The van der Waals surface area contributed by atoms with Crippen LogP contribution in [0.4, 0.5) is 5.69 Å². The van der Waals surface area contributed by atoms with E-state index in [0.29, 0.717) is 17.6 Å². The molecule has 6 nitrogen and oxygen atoms in total. The van der Waals surface area contributed by atoms with Crippen molar-refractivity contribution < 1.29 is 14.5 Å². The monoisotopic (exact) mass is 244 g/mol. The molecular weight excluding hydrogens is 236 g/mol. The molecular formula is C12H8N2O4. The molecule has 0 aliphatic heterocycles. The minimum absolute atomic E-state index is 0.0287. The number of aromatic nitrogens is 1. The first kappa shape index (κ1) is 11.7. The number of benzene rings is 1. The lowest BCUT2D eigenvalue weighted by Crippen LogP contribution is -1.93. The molecule has 0 amide bonds. The van der Waals surface area contributed by atoms with Gasteiger partial charge in [0.25, 0.3) is 5.69 Å². The van der Waals surface area contributed by atoms with Gasteiger partial charge in [-0.05, 0) is 24.3 Å². The fourth-order valence-corrected chi connectivity index (χ4v) is 1.33. The highest BCUT2D eigenvalue weighted by atomic mass is 16.6. The minimum atomic E-state index is -0.499. The number of nitro groups is 1. The summed E-state index contributed by atoms with van der Waals surface area (Å²) in [7, 11) is 0. The third-order valence-electron chi connectivity index (χ3n) is 2.19. The van der Waals surface area contributed by atoms with E-state index in [1.165, 1.54) is 30.5 Å². The van der Waals surface area contributed by atoms with Gasteiger partial charge >= 0.3 is 0 Å². The van der Waals surface area contributed by atoms with Crippen LogP contribution < -0.4 is 4.74 Å². The van der Waals surface area contributed by atoms with Crippen LogP contribution in [0, 0.1) is 10.1 Å². The highest BCUT2D eigenvalue weighted by molar-refractivity contribution is 5.78. The van der Waals surface area contributed by atoms with E-state index in [9.17, 15) is 14.9 Å². The van der Waals surface area contributed by atoms with Gasteiger partial charge in [0.2, 0.25) is 5.88 Å². The van der Waals surface area contributed by atoms with Crippen molar-refractivity contribution in [2.24, 2.45) is 0 Å². The molecule has 18 heavy (non-hydrogen) atoms. The molecule has 1 aromatic heterocycles. The number of carbonyl (C=O) groups excluding carboxylic acids is 1. The van der Waals surface area contributed by atoms with Crippen molar-refractivity contribution >= 4 is 12.0 Å². The van der Waals surface area contributed by atoms with Gasteiger partial charge in [0.15, 0.2) is 6.29 Å². The quantitative estimate of drug-likeness (QED) is 0.469. The van der Waals surface area contributed by atoms with Gasteiger partial charge < -0.3 is 4.74 Å². The van der Waals surface area contributed by atoms with E-state index >= 15 is 0 Å². The molecule has 0 saturated heterocycles. The lowest BCUT2D eigenvalue weighted by atomic mass is 10.3. The van der Waals surface area contributed by atoms with E-state index in [0.717, 1.165) is 0 Å². The smallest absolute Gasteiger partial charge is 0.269 e. The van der Waals surface area contributed by atoms with Crippen LogP contribution in [0.5, 0.6) is 11.6 Å². The number of hydrogen-bond donors (Lipinski definition) is 0. The summed E-state index contributed by atoms with van der Waals surface area (Å²) in [5, 5.41) is 10.5. The maximum Gasteiger partial charge on any atom is 0.269 e. The van der Waals surface area contributed by atoms with Crippen LogP contribution in [0.15, 0.2) is 42.6 Å². The molecule has 0 spiro atoms. The van der Waals surface area contributed by atoms with Crippen molar-refractivity contribution in [3.05, 3.63) is 58.3 Å². The number of rotatable bonds is 4. The highest BCUT2D eigenvalue weighted by Gasteiger charge is 2.07. The van der Waals surface area contributed by atoms with E-state index in [2.05, 4.69) is 4.98 Å². The largest absolute Gasteiger partial charge is 0.438 e. The SMILES string of the molecule is O=Cc1cccnc1Oc1ccc([N+](=O)[O-])cc1. The second-order valence-corrected chi connectivity index (χ2v) is 3.37. The molecule has 0 radical (unpaired) electrons. The molecule has 0 fully saturated rings. The average Bonchev–Trinajstić information content (AvgIpc) is 2.40. The number of non-ortho nitro benzene ring substituents is 1. The van der Waals surface area contributed by atoms with E-state index in [-0.39, 0.29) is 11.6 Å². The number of nitrogens with zero attached hydrogens (tertiary/aromatic N) is 2. The summed E-state index contributed by atoms with van der Waals surface area (Å²) in [6, 6.07) is 8.72. The van der Waals surface area contributed by atoms with Gasteiger partial charge in [-0.3, -0.25) is 14.9 Å². The predicted octanol–water partition coefficient (Wildman–Crippen LogP) is 2.59. The Morgan fingerprint density at radius 3 is 2.56 bits per heavy atom. The number of ether oxygens (including phenoxy) is 1. The number of hydrogen-bond acceptors (Lipinski definition) is 5. The standard InChI is InChI=1S/C12H8N2O4/c15-8-9-2-1-7-13-12(9)18-11-5-3-10(4-6-11)14(16)17/h1-8H. The fourth-order valence-electron chi connectivity index (χ4n) is 1.33. The van der Waals surface area contributed by atoms with Gasteiger partial charge in [0.1, 0.15) is 5.75 Å². The fraction of sp³-hybridized carbons (Fsp3) is 0. The molecule has 90 valence electrons. The summed E-state index contributed by atoms with van der Waals surface area (Å²) in [5.74, 6) is 0.545. The lowest BCUT2D eigenvalue weighted by Gasteiger charge is -2.05. The van der Waals surface area contributed by atoms with Gasteiger partial charge in [0, 0.05) is 18.3 Å². The molecule has 2 rings (SSSR count). The first-order chi connectivity index (χ1) is 8.70. The first-order valence-electron chi connectivity index (χ1n) is 5.03. The van der Waals surface area contributed by atoms with Crippen LogP contribution in [0.1, 0.15) is 10.4 Å². The predicted molar refractivity (Wildman–Crippen MR) is 62.8 cm³/mol. The Labute approximate surface area is 102 Å². The molecule has 0 aliphatic rings. The first-order valence-corrected chi connectivity index (χ1v) is 5.03. The maximum atomic E-state index is 10.8. The van der Waals surface area contributed by atoms with Crippen LogP contribution >= 0.6 is 0 Å². The van der Waals surface area contributed by atoms with Gasteiger partial charge in [0.05, 0.1) is 10.5 Å². The normalized spacial score (nSPS) is 9.78. The summed E-state index contributed by atoms with van der Waals surface area (Å²) in [6.07, 6.45) is 2.13. The molecule has 0 unspecified atom stereocenters. The highest BCUT2D eigenvalue weighted by Crippen LogP contribution is 2.23. The maximum absolute atomic E-state index is 10.8. The van der Waals surface area contributed by atoms with Gasteiger partial charge in [-0.25, -0.2) is 4.98 Å². The van der Waals surface area contributed by atoms with E-state index in [4.69, 9.17) is 4.74 Å². The zero-order valence-corrected chi connectivity index (χ0v) is 9.15. The summed E-state index contributed by atoms with van der Waals surface area (Å²) in [4.78, 5) is 24.6. The molecule has 0 bridgehead atoms. The Morgan fingerprint density at radius 1 is 1.22 bits per heavy atom. The molecule has 0 atom stereocenters. The van der Waals surface area contributed by atoms with Crippen molar-refractivity contribution in [1.29, 1.82) is 0 Å². The van der Waals surface area contributed by atoms with Gasteiger partial charge in [-0.2, -0.15) is 0 Å². The summed E-state index contributed by atoms with van der Waals surface area (Å²) in [6.45, 7) is 0. The zero-order chi connectivity index (χ0) is 13.0. The third-order valence-corrected chi connectivity index (χ3v) is 2.19. The molecule has 2 aromatic rings. The topological polar surface area (TPSA) is 82.3 Å². The van der Waals surface area contributed by atoms with Crippen LogP contribution in [0.25, 0.3) is 0 Å². The number of nitro benzene ring substituents is 1. The van der Waals surface area contributed by atoms with Crippen LogP contribution in [0.2, 0.25) is 0 Å². The van der Waals surface area contributed by atoms with E-state index in [1.54, 1.807) is 12.1 Å². The van der Waals surface area contributed by atoms with Gasteiger partial charge in [-0.15, -0.1) is 0 Å². The summed E-state index contributed by atoms with van der Waals surface area (Å²) >= 11 is 0. The molecule has 6 heteroatoms. The van der Waals surface area contributed by atoms with Crippen LogP contribution in [-0.4, -0.2) is 16.2 Å². The summed E-state index contributed by atoms with van der Waals surface area (Å²) in [5.41, 5.74) is 0.287. The van der Waals surface area contributed by atoms with Crippen molar-refractivity contribution in [2.75, 3.05) is 0 Å². The molecule has 0 N–H and O–H groups in total. The third kappa shape index (κ3) is 2.49. The second-order valence-electron chi connectivity index (χ2n) is 3.37. The molecule has 1 aromatic carbocycles. The van der Waals surface area contributed by atoms with Crippen molar-refractivity contribution in [3.63, 3.8) is 0 Å². The van der Waals surface area contributed by atoms with Crippen LogP contribution in [-0.2, 0) is 0 Å². The van der Waals surface area contributed by atoms with Crippen LogP contribution in [0.3, 0.4) is 0 Å². The average molecular weight is 244 g/mol. The van der Waals surface area contributed by atoms with Crippen molar-refractivity contribution in [1.82, 2.24) is 4.98 Å². The Balaban J connectivity index is 2.23. The zero-order valence-electron chi connectivity index (χ0n) is 9.15. The molecule has 1 heterocycles. The second kappa shape index (κ2) is 5.05. The molecule has 0 aliphatic carbocycles. The summed E-state index contributed by atoms with van der Waals surface area (Å²) < 4.78 is 5.37. The minimum Gasteiger partial charge on any atom is -0.438 e. The lowest BCUT2D eigenvalue weighted by molar-refractivity contribution is -0.384. The van der Waals surface area contributed by atoms with Crippen molar-refractivity contribution in [2.45, 2.75) is 0 Å².